The van der Waals surface area contributed by atoms with Crippen molar-refractivity contribution in [1.29, 1.82) is 0 Å². The average Bonchev–Trinajstić information content (AvgIpc) is 3.16. The summed E-state index contributed by atoms with van der Waals surface area (Å²) in [6.45, 7) is 7.90. The molecule has 9 nitrogen and oxygen atoms in total. The standard InChI is InChI=1S/C21H30N6O3/c1-7-30-20(29)27-17-15(18(22)24-27)12-26(21(17,3)4)19(28)23-13(2)14-10-8-9-11-16(14)25(5)6/h8-11,13H,7,12H2,1-6H3,(H2,22,24)(H,23,28)/t13-/m0/s1. The second-order valence-corrected chi connectivity index (χ2v) is 8.09. The molecule has 0 saturated carbocycles. The number of anilines is 2. The number of aromatic nitrogens is 2. The Morgan fingerprint density at radius 1 is 1.33 bits per heavy atom. The molecule has 2 heterocycles. The number of benzene rings is 1. The van der Waals surface area contributed by atoms with Crippen LogP contribution in [0.4, 0.5) is 21.1 Å². The molecule has 2 amide bonds. The summed E-state index contributed by atoms with van der Waals surface area (Å²) in [4.78, 5) is 29.3. The molecule has 9 heteroatoms. The number of carbonyl (C=O) groups excluding carboxylic acids is 2. The van der Waals surface area contributed by atoms with Crippen LogP contribution >= 0.6 is 0 Å². The normalized spacial score (nSPS) is 15.5. The maximum Gasteiger partial charge on any atom is 0.435 e. The van der Waals surface area contributed by atoms with Gasteiger partial charge in [0.1, 0.15) is 0 Å². The highest BCUT2D eigenvalue weighted by Gasteiger charge is 2.46. The Hall–Kier alpha value is -3.23. The van der Waals surface area contributed by atoms with E-state index in [1.165, 1.54) is 4.68 Å². The third-order valence-electron chi connectivity index (χ3n) is 5.50. The summed E-state index contributed by atoms with van der Waals surface area (Å²) in [6, 6.07) is 7.48. The van der Waals surface area contributed by atoms with Crippen molar-refractivity contribution in [3.8, 4) is 0 Å². The Balaban J connectivity index is 1.86. The molecule has 0 bridgehead atoms. The number of nitrogen functional groups attached to an aromatic ring is 1. The first-order valence-corrected chi connectivity index (χ1v) is 9.98. The van der Waals surface area contributed by atoms with Crippen LogP contribution in [0.3, 0.4) is 0 Å². The second-order valence-electron chi connectivity index (χ2n) is 8.09. The molecular formula is C21H30N6O3. The van der Waals surface area contributed by atoms with E-state index in [4.69, 9.17) is 10.5 Å². The number of nitrogens with zero attached hydrogens (tertiary/aromatic N) is 4. The summed E-state index contributed by atoms with van der Waals surface area (Å²) in [5.41, 5.74) is 8.56. The van der Waals surface area contributed by atoms with Crippen LogP contribution < -0.4 is 16.0 Å². The number of para-hydroxylation sites is 1. The number of urea groups is 1. The van der Waals surface area contributed by atoms with Gasteiger partial charge in [-0.05, 0) is 39.3 Å². The molecule has 0 spiro atoms. The van der Waals surface area contributed by atoms with E-state index in [0.29, 0.717) is 11.3 Å². The fourth-order valence-corrected chi connectivity index (χ4v) is 3.98. The van der Waals surface area contributed by atoms with Crippen molar-refractivity contribution < 1.29 is 14.3 Å². The van der Waals surface area contributed by atoms with Crippen LogP contribution in [0.5, 0.6) is 0 Å². The van der Waals surface area contributed by atoms with Crippen LogP contribution in [0, 0.1) is 0 Å². The van der Waals surface area contributed by atoms with E-state index in [1.807, 2.05) is 64.0 Å². The van der Waals surface area contributed by atoms with Gasteiger partial charge in [0, 0.05) is 25.3 Å². The smallest absolute Gasteiger partial charge is 0.435 e. The molecule has 0 unspecified atom stereocenters. The number of fused-ring (bicyclic) bond motifs is 1. The monoisotopic (exact) mass is 414 g/mol. The lowest BCUT2D eigenvalue weighted by Gasteiger charge is -2.34. The third-order valence-corrected chi connectivity index (χ3v) is 5.50. The second kappa shape index (κ2) is 7.89. The minimum absolute atomic E-state index is 0.213. The first-order valence-electron chi connectivity index (χ1n) is 9.98. The van der Waals surface area contributed by atoms with Gasteiger partial charge in [-0.3, -0.25) is 0 Å². The molecule has 0 saturated heterocycles. The zero-order valence-corrected chi connectivity index (χ0v) is 18.4. The Bertz CT molecular complexity index is 966. The van der Waals surface area contributed by atoms with E-state index >= 15 is 0 Å². The van der Waals surface area contributed by atoms with Crippen molar-refractivity contribution >= 4 is 23.6 Å². The van der Waals surface area contributed by atoms with Crippen LogP contribution in [0.2, 0.25) is 0 Å². The van der Waals surface area contributed by atoms with Crippen molar-refractivity contribution in [3.05, 3.63) is 41.1 Å². The quantitative estimate of drug-likeness (QED) is 0.797. The van der Waals surface area contributed by atoms with Crippen molar-refractivity contribution in [1.82, 2.24) is 20.0 Å². The molecule has 1 aliphatic rings. The zero-order valence-electron chi connectivity index (χ0n) is 18.4. The Morgan fingerprint density at radius 3 is 2.63 bits per heavy atom. The molecule has 3 N–H and O–H groups in total. The van der Waals surface area contributed by atoms with Crippen LogP contribution in [0.1, 0.15) is 50.6 Å². The van der Waals surface area contributed by atoms with E-state index in [-0.39, 0.29) is 31.0 Å². The molecular weight excluding hydrogens is 384 g/mol. The van der Waals surface area contributed by atoms with E-state index in [1.54, 1.807) is 11.8 Å². The van der Waals surface area contributed by atoms with Gasteiger partial charge in [-0.25, -0.2) is 9.59 Å². The van der Waals surface area contributed by atoms with E-state index < -0.39 is 11.6 Å². The minimum atomic E-state index is -0.794. The lowest BCUT2D eigenvalue weighted by Crippen LogP contribution is -2.47. The molecule has 1 aliphatic heterocycles. The highest BCUT2D eigenvalue weighted by molar-refractivity contribution is 5.79. The van der Waals surface area contributed by atoms with Crippen LogP contribution in [-0.2, 0) is 16.8 Å². The molecule has 1 aromatic carbocycles. The van der Waals surface area contributed by atoms with Crippen molar-refractivity contribution in [2.24, 2.45) is 0 Å². The first kappa shape index (κ1) is 21.5. The number of hydrogen-bond acceptors (Lipinski definition) is 6. The highest BCUT2D eigenvalue weighted by atomic mass is 16.6. The highest BCUT2D eigenvalue weighted by Crippen LogP contribution is 2.41. The van der Waals surface area contributed by atoms with Crippen LogP contribution in [0.15, 0.2) is 24.3 Å². The minimum Gasteiger partial charge on any atom is -0.448 e. The van der Waals surface area contributed by atoms with Crippen molar-refractivity contribution in [2.75, 3.05) is 31.3 Å². The van der Waals surface area contributed by atoms with Gasteiger partial charge in [-0.2, -0.15) is 4.68 Å². The third kappa shape index (κ3) is 3.55. The number of carbonyl (C=O) groups is 2. The molecule has 30 heavy (non-hydrogen) atoms. The van der Waals surface area contributed by atoms with Gasteiger partial charge in [-0.15, -0.1) is 5.10 Å². The van der Waals surface area contributed by atoms with E-state index in [0.717, 1.165) is 11.3 Å². The van der Waals surface area contributed by atoms with Gasteiger partial charge in [0.05, 0.1) is 30.4 Å². The molecule has 3 rings (SSSR count). The lowest BCUT2D eigenvalue weighted by molar-refractivity contribution is 0.128. The Labute approximate surface area is 176 Å². The van der Waals surface area contributed by atoms with Crippen molar-refractivity contribution in [2.45, 2.75) is 45.8 Å². The van der Waals surface area contributed by atoms with Gasteiger partial charge in [-0.1, -0.05) is 18.2 Å². The van der Waals surface area contributed by atoms with Crippen LogP contribution in [-0.4, -0.2) is 47.5 Å². The van der Waals surface area contributed by atoms with Crippen LogP contribution in [0.25, 0.3) is 0 Å². The summed E-state index contributed by atoms with van der Waals surface area (Å²) < 4.78 is 6.27. The van der Waals surface area contributed by atoms with E-state index in [9.17, 15) is 9.59 Å². The molecule has 0 aliphatic carbocycles. The summed E-state index contributed by atoms with van der Waals surface area (Å²) in [6.07, 6.45) is -0.603. The van der Waals surface area contributed by atoms with Gasteiger partial charge in [0.25, 0.3) is 0 Å². The Morgan fingerprint density at radius 2 is 2.00 bits per heavy atom. The SMILES string of the molecule is CCOC(=O)n1nc(N)c2c1C(C)(C)N(C(=O)N[C@@H](C)c1ccccc1N(C)C)C2. The summed E-state index contributed by atoms with van der Waals surface area (Å²) >= 11 is 0. The fraction of sp³-hybridized carbons (Fsp3) is 0.476. The molecule has 0 radical (unpaired) electrons. The molecule has 162 valence electrons. The zero-order chi connectivity index (χ0) is 22.2. The lowest BCUT2D eigenvalue weighted by atomic mass is 10.0. The summed E-state index contributed by atoms with van der Waals surface area (Å²) in [5, 5.41) is 7.22. The fourth-order valence-electron chi connectivity index (χ4n) is 3.98. The van der Waals surface area contributed by atoms with Gasteiger partial charge in [0.15, 0.2) is 5.82 Å². The first-order chi connectivity index (χ1) is 14.1. The van der Waals surface area contributed by atoms with Crippen molar-refractivity contribution in [3.63, 3.8) is 0 Å². The maximum atomic E-state index is 13.2. The van der Waals surface area contributed by atoms with Gasteiger partial charge in [0.2, 0.25) is 0 Å². The predicted octanol–water partition coefficient (Wildman–Crippen LogP) is 3.06. The van der Waals surface area contributed by atoms with E-state index in [2.05, 4.69) is 10.4 Å². The number of nitrogens with two attached hydrogens (primary N) is 1. The average molecular weight is 415 g/mol. The molecule has 2 aromatic rings. The number of nitrogens with one attached hydrogen (secondary N) is 1. The largest absolute Gasteiger partial charge is 0.448 e. The number of ether oxygens (including phenoxy) is 1. The van der Waals surface area contributed by atoms with Gasteiger partial charge >= 0.3 is 12.1 Å². The maximum absolute atomic E-state index is 13.2. The summed E-state index contributed by atoms with van der Waals surface area (Å²) in [5.74, 6) is 0.229. The number of amides is 2. The molecule has 0 fully saturated rings. The predicted molar refractivity (Wildman–Crippen MR) is 115 cm³/mol. The summed E-state index contributed by atoms with van der Waals surface area (Å²) in [7, 11) is 3.94. The van der Waals surface area contributed by atoms with Gasteiger partial charge < -0.3 is 25.6 Å². The Kier molecular flexibility index (Phi) is 5.65. The molecule has 1 aromatic heterocycles. The topological polar surface area (TPSA) is 106 Å². The number of hydrogen-bond donors (Lipinski definition) is 2. The molecule has 1 atom stereocenters. The number of rotatable bonds is 4.